The fourth-order valence-electron chi connectivity index (χ4n) is 4.81. The van der Waals surface area contributed by atoms with Crippen molar-refractivity contribution in [2.45, 2.75) is 39.5 Å². The number of hydrogen-bond donors (Lipinski definition) is 1. The molecule has 5 heteroatoms. The van der Waals surface area contributed by atoms with E-state index in [9.17, 15) is 14.3 Å². The number of rotatable bonds is 4. The number of halogens is 1. The zero-order chi connectivity index (χ0) is 22.2. The number of carbonyl (C=O) groups is 1. The van der Waals surface area contributed by atoms with Gasteiger partial charge in [-0.25, -0.2) is 4.39 Å². The summed E-state index contributed by atoms with van der Waals surface area (Å²) in [7, 11) is 1.68. The molecule has 1 heterocycles. The molecular weight excluding hydrogens is 393 g/mol. The van der Waals surface area contributed by atoms with Crippen LogP contribution < -0.4 is 4.74 Å². The Kier molecular flexibility index (Phi) is 5.89. The predicted octanol–water partition coefficient (Wildman–Crippen LogP) is 4.94. The molecule has 4 nitrogen and oxygen atoms in total. The number of fused-ring (bicyclic) bond motifs is 2. The van der Waals surface area contributed by atoms with Gasteiger partial charge >= 0.3 is 5.97 Å². The van der Waals surface area contributed by atoms with E-state index in [1.165, 1.54) is 22.3 Å². The summed E-state index contributed by atoms with van der Waals surface area (Å²) in [5.74, 6) is -0.123. The number of ether oxygens (including phenoxy) is 1. The minimum Gasteiger partial charge on any atom is -0.497 e. The van der Waals surface area contributed by atoms with Gasteiger partial charge in [-0.3, -0.25) is 4.79 Å². The van der Waals surface area contributed by atoms with Gasteiger partial charge in [0.05, 0.1) is 12.5 Å². The Bertz CT molecular complexity index is 1030. The Hall–Kier alpha value is -2.66. The van der Waals surface area contributed by atoms with Crippen LogP contribution >= 0.6 is 0 Å². The molecule has 0 unspecified atom stereocenters. The third kappa shape index (κ3) is 4.38. The number of methoxy groups -OCH3 is 1. The summed E-state index contributed by atoms with van der Waals surface area (Å²) in [6.07, 6.45) is 3.41. The van der Waals surface area contributed by atoms with E-state index in [1.807, 2.05) is 12.1 Å². The van der Waals surface area contributed by atoms with Gasteiger partial charge in [0.15, 0.2) is 0 Å². The van der Waals surface area contributed by atoms with Crippen molar-refractivity contribution in [1.29, 1.82) is 0 Å². The van der Waals surface area contributed by atoms with E-state index < -0.39 is 11.4 Å². The van der Waals surface area contributed by atoms with Crippen molar-refractivity contribution in [3.63, 3.8) is 0 Å². The lowest BCUT2D eigenvalue weighted by Crippen LogP contribution is -2.42. The summed E-state index contributed by atoms with van der Waals surface area (Å²) in [6.45, 7) is 5.77. The number of likely N-dealkylation sites (tertiary alicyclic amines) is 1. The fourth-order valence-corrected chi connectivity index (χ4v) is 4.81. The third-order valence-corrected chi connectivity index (χ3v) is 6.59. The SMILES string of the molecule is COc1ccc2c(c1)CCc1cc(F)ccc1C2=C1CCN(CC(C)(C)C(=O)O)CC1. The predicted molar refractivity (Wildman–Crippen MR) is 120 cm³/mol. The summed E-state index contributed by atoms with van der Waals surface area (Å²) in [5, 5.41) is 9.47. The topological polar surface area (TPSA) is 49.8 Å². The Labute approximate surface area is 183 Å². The van der Waals surface area contributed by atoms with E-state index >= 15 is 0 Å². The van der Waals surface area contributed by atoms with Crippen LogP contribution in [0, 0.1) is 11.2 Å². The van der Waals surface area contributed by atoms with Crippen molar-refractivity contribution in [3.05, 3.63) is 70.0 Å². The van der Waals surface area contributed by atoms with Gasteiger partial charge in [-0.05, 0) is 91.6 Å². The molecule has 0 amide bonds. The highest BCUT2D eigenvalue weighted by Gasteiger charge is 2.31. The maximum absolute atomic E-state index is 14.0. The van der Waals surface area contributed by atoms with Gasteiger partial charge in [0.2, 0.25) is 0 Å². The normalized spacial score (nSPS) is 17.0. The molecule has 0 atom stereocenters. The molecule has 1 N–H and O–H groups in total. The highest BCUT2D eigenvalue weighted by molar-refractivity contribution is 5.86. The Morgan fingerprint density at radius 1 is 1.03 bits per heavy atom. The number of benzene rings is 2. The number of hydrogen-bond acceptors (Lipinski definition) is 3. The van der Waals surface area contributed by atoms with Crippen LogP contribution in [-0.4, -0.2) is 42.7 Å². The lowest BCUT2D eigenvalue weighted by Gasteiger charge is -2.34. The molecule has 1 aliphatic carbocycles. The van der Waals surface area contributed by atoms with Crippen molar-refractivity contribution in [1.82, 2.24) is 4.90 Å². The summed E-state index contributed by atoms with van der Waals surface area (Å²) in [6, 6.07) is 11.4. The summed E-state index contributed by atoms with van der Waals surface area (Å²) in [4.78, 5) is 13.8. The largest absolute Gasteiger partial charge is 0.497 e. The molecule has 2 aliphatic rings. The van der Waals surface area contributed by atoms with E-state index in [-0.39, 0.29) is 5.82 Å². The smallest absolute Gasteiger partial charge is 0.310 e. The first-order valence-electron chi connectivity index (χ1n) is 10.9. The zero-order valence-corrected chi connectivity index (χ0v) is 18.5. The van der Waals surface area contributed by atoms with Gasteiger partial charge in [0.1, 0.15) is 11.6 Å². The highest BCUT2D eigenvalue weighted by atomic mass is 19.1. The lowest BCUT2D eigenvalue weighted by atomic mass is 9.85. The standard InChI is InChI=1S/C26H30FNO3/c1-26(2,25(29)30)16-28-12-10-17(11-13-28)24-22-8-6-20(27)14-18(22)4-5-19-15-21(31-3)7-9-23(19)24/h6-9,14-15H,4-5,10-13,16H2,1-3H3,(H,29,30). The molecule has 0 radical (unpaired) electrons. The molecule has 0 bridgehead atoms. The summed E-state index contributed by atoms with van der Waals surface area (Å²) >= 11 is 0. The van der Waals surface area contributed by atoms with Gasteiger partial charge in [-0.1, -0.05) is 17.7 Å². The number of carboxylic acid groups (broad SMARTS) is 1. The monoisotopic (exact) mass is 423 g/mol. The first-order valence-corrected chi connectivity index (χ1v) is 10.9. The molecule has 0 aromatic heterocycles. The maximum Gasteiger partial charge on any atom is 0.310 e. The van der Waals surface area contributed by atoms with Crippen molar-refractivity contribution < 1.29 is 19.0 Å². The van der Waals surface area contributed by atoms with Crippen molar-refractivity contribution in [3.8, 4) is 5.75 Å². The first kappa shape index (κ1) is 21.6. The van der Waals surface area contributed by atoms with Gasteiger partial charge in [-0.15, -0.1) is 0 Å². The number of piperidine rings is 1. The van der Waals surface area contributed by atoms with Crippen LogP contribution in [0.3, 0.4) is 0 Å². The van der Waals surface area contributed by atoms with E-state index in [0.29, 0.717) is 6.54 Å². The van der Waals surface area contributed by atoms with Gasteiger partial charge < -0.3 is 14.7 Å². The van der Waals surface area contributed by atoms with Crippen molar-refractivity contribution in [2.24, 2.45) is 5.41 Å². The maximum atomic E-state index is 14.0. The second kappa shape index (κ2) is 8.46. The molecular formula is C26H30FNO3. The molecule has 4 rings (SSSR count). The Morgan fingerprint density at radius 3 is 2.26 bits per heavy atom. The second-order valence-electron chi connectivity index (χ2n) is 9.27. The fraction of sp³-hybridized carbons (Fsp3) is 0.423. The molecule has 2 aromatic rings. The third-order valence-electron chi connectivity index (χ3n) is 6.59. The van der Waals surface area contributed by atoms with Crippen LogP contribution in [0.15, 0.2) is 42.0 Å². The molecule has 2 aromatic carbocycles. The number of nitrogens with zero attached hydrogens (tertiary/aromatic N) is 1. The van der Waals surface area contributed by atoms with Gasteiger partial charge in [-0.2, -0.15) is 0 Å². The quantitative estimate of drug-likeness (QED) is 0.757. The lowest BCUT2D eigenvalue weighted by molar-refractivity contribution is -0.148. The van der Waals surface area contributed by atoms with E-state index in [2.05, 4.69) is 17.0 Å². The van der Waals surface area contributed by atoms with Crippen LogP contribution in [0.4, 0.5) is 4.39 Å². The second-order valence-corrected chi connectivity index (χ2v) is 9.27. The number of aliphatic carboxylic acids is 1. The highest BCUT2D eigenvalue weighted by Crippen LogP contribution is 2.40. The first-order chi connectivity index (χ1) is 14.8. The van der Waals surface area contributed by atoms with Gasteiger partial charge in [0.25, 0.3) is 0 Å². The Morgan fingerprint density at radius 2 is 1.65 bits per heavy atom. The van der Waals surface area contributed by atoms with Crippen LogP contribution in [0.2, 0.25) is 0 Å². The minimum absolute atomic E-state index is 0.197. The van der Waals surface area contributed by atoms with Crippen LogP contribution in [0.25, 0.3) is 5.57 Å². The molecule has 1 aliphatic heterocycles. The molecule has 0 saturated carbocycles. The molecule has 1 saturated heterocycles. The molecule has 0 spiro atoms. The zero-order valence-electron chi connectivity index (χ0n) is 18.5. The van der Waals surface area contributed by atoms with Crippen LogP contribution in [0.5, 0.6) is 5.75 Å². The minimum atomic E-state index is -0.765. The average Bonchev–Trinajstić information content (AvgIpc) is 2.90. The van der Waals surface area contributed by atoms with Crippen molar-refractivity contribution in [2.75, 3.05) is 26.7 Å². The number of aryl methyl sites for hydroxylation is 2. The molecule has 31 heavy (non-hydrogen) atoms. The Balaban J connectivity index is 1.72. The van der Waals surface area contributed by atoms with Crippen molar-refractivity contribution >= 4 is 11.5 Å². The average molecular weight is 424 g/mol. The molecule has 164 valence electrons. The van der Waals surface area contributed by atoms with Gasteiger partial charge in [0, 0.05) is 19.6 Å². The van der Waals surface area contributed by atoms with E-state index in [0.717, 1.165) is 55.6 Å². The van der Waals surface area contributed by atoms with E-state index in [4.69, 9.17) is 4.74 Å². The van der Waals surface area contributed by atoms with Crippen LogP contribution in [0.1, 0.15) is 48.9 Å². The van der Waals surface area contributed by atoms with E-state index in [1.54, 1.807) is 33.1 Å². The summed E-state index contributed by atoms with van der Waals surface area (Å²) in [5.41, 5.74) is 6.44. The van der Waals surface area contributed by atoms with Crippen LogP contribution in [-0.2, 0) is 17.6 Å². The molecule has 1 fully saturated rings. The number of carboxylic acids is 1. The summed E-state index contributed by atoms with van der Waals surface area (Å²) < 4.78 is 19.5.